The van der Waals surface area contributed by atoms with Crippen LogP contribution in [0.3, 0.4) is 0 Å². The molecule has 0 aromatic carbocycles. The Kier molecular flexibility index (Phi) is 35.8. The number of carbonyl (C=O) groups excluding carboxylic acids is 8. The summed E-state index contributed by atoms with van der Waals surface area (Å²) in [6.07, 6.45) is 0. The van der Waals surface area contributed by atoms with Gasteiger partial charge in [-0.1, -0.05) is 0 Å². The number of hydrogen-bond donors (Lipinski definition) is 8. The molecule has 0 saturated heterocycles. The second-order valence-electron chi connectivity index (χ2n) is 5.95. The van der Waals surface area contributed by atoms with E-state index in [0.29, 0.717) is 0 Å². The summed E-state index contributed by atoms with van der Waals surface area (Å²) >= 11 is -5.28. The molecule has 0 spiro atoms. The molecule has 0 unspecified atom stereocenters. The van der Waals surface area contributed by atoms with Crippen molar-refractivity contribution < 1.29 is 132 Å². The average Bonchev–Trinajstić information content (AvgIpc) is 2.67. The van der Waals surface area contributed by atoms with Gasteiger partial charge in [-0.2, -0.15) is 0 Å². The molecule has 0 fully saturated rings. The van der Waals surface area contributed by atoms with Gasteiger partial charge in [0, 0.05) is 0 Å². The zero-order valence-electron chi connectivity index (χ0n) is 21.3. The summed E-state index contributed by atoms with van der Waals surface area (Å²) in [6, 6.07) is 0. The summed E-state index contributed by atoms with van der Waals surface area (Å²) in [5.41, 5.74) is 0. The van der Waals surface area contributed by atoms with Crippen LogP contribution in [0.25, 0.3) is 0 Å². The van der Waals surface area contributed by atoms with E-state index < -0.39 is 93.9 Å². The van der Waals surface area contributed by atoms with Crippen molar-refractivity contribution >= 4 is 47.3 Å². The Bertz CT molecular complexity index is 567. The summed E-state index contributed by atoms with van der Waals surface area (Å²) in [6.45, 7) is 11.5. The van der Waals surface area contributed by atoms with Crippen molar-refractivity contribution in [1.82, 2.24) is 26.4 Å². The molecule has 8 amide bonds. The van der Waals surface area contributed by atoms with E-state index in [1.165, 1.54) is 55.4 Å². The van der Waals surface area contributed by atoms with E-state index in [9.17, 15) is 38.4 Å². The van der Waals surface area contributed by atoms with Crippen LogP contribution in [-0.2, 0) is 132 Å². The van der Waals surface area contributed by atoms with E-state index in [2.05, 4.69) is 26.4 Å². The number of nitrogens with one attached hydrogen (secondary N) is 8. The molecule has 0 aliphatic heterocycles. The standard InChI is InChI=1S/8C2H5NO.4Hf/c8*1-2(3)4;;;;/h8*1H3,(H2,3,4);;;;/q;;;;;;;;4*+2/p-8. The molecule has 0 aliphatic rings. The summed E-state index contributed by atoms with van der Waals surface area (Å²) in [4.78, 5) is 81.7. The SMILES string of the molecule is CC(=O)[NH][Hf][NH]C(C)=O.CC(=O)[NH][Hf][NH]C(C)=O.CC(=O)[NH][Hf][NH]C(C)=O.CC(=O)[NH][Hf][NH]C(C)=O. The van der Waals surface area contributed by atoms with Gasteiger partial charge in [0.15, 0.2) is 0 Å². The Balaban J connectivity index is -0.000000190. The van der Waals surface area contributed by atoms with Gasteiger partial charge in [-0.3, -0.25) is 0 Å². The Labute approximate surface area is 258 Å². The maximum absolute atomic E-state index is 10.2. The van der Waals surface area contributed by atoms with Crippen LogP contribution in [0, 0.1) is 0 Å². The predicted molar refractivity (Wildman–Crippen MR) is 111 cm³/mol. The maximum atomic E-state index is 10.2. The normalized spacial score (nSPS) is 7.78. The molecular weight excluding hydrogens is 1150 g/mol. The molecule has 0 rings (SSSR count). The molecule has 0 aromatic heterocycles. The van der Waals surface area contributed by atoms with Gasteiger partial charge < -0.3 is 0 Å². The van der Waals surface area contributed by atoms with E-state index in [1.807, 2.05) is 0 Å². The molecule has 0 saturated carbocycles. The van der Waals surface area contributed by atoms with Crippen molar-refractivity contribution in [3.05, 3.63) is 0 Å². The molecule has 0 heterocycles. The summed E-state index contributed by atoms with van der Waals surface area (Å²) in [7, 11) is 0. The van der Waals surface area contributed by atoms with E-state index in [0.717, 1.165) is 0 Å². The van der Waals surface area contributed by atoms with Gasteiger partial charge in [0.25, 0.3) is 0 Å². The molecule has 20 heteroatoms. The Morgan fingerprint density at radius 1 is 0.278 bits per heavy atom. The molecule has 36 heavy (non-hydrogen) atoms. The van der Waals surface area contributed by atoms with Gasteiger partial charge in [0.05, 0.1) is 0 Å². The van der Waals surface area contributed by atoms with Crippen molar-refractivity contribution in [1.29, 1.82) is 0 Å². The Morgan fingerprint density at radius 3 is 0.417 bits per heavy atom. The number of carbonyl (C=O) groups is 8. The van der Waals surface area contributed by atoms with Gasteiger partial charge in [-0.05, 0) is 0 Å². The topological polar surface area (TPSA) is 233 Å². The third-order valence-corrected chi connectivity index (χ3v) is 15.6. The zero-order chi connectivity index (χ0) is 29.1. The second kappa shape index (κ2) is 30.5. The number of hydrogen-bond acceptors (Lipinski definition) is 8. The van der Waals surface area contributed by atoms with Crippen LogP contribution in [0.15, 0.2) is 0 Å². The quantitative estimate of drug-likeness (QED) is 0.115. The van der Waals surface area contributed by atoms with Crippen LogP contribution in [0.2, 0.25) is 0 Å². The molecule has 8 N–H and O–H groups in total. The number of rotatable bonds is 8. The minimum absolute atomic E-state index is 0.0629. The molecule has 16 nitrogen and oxygen atoms in total. The monoisotopic (exact) mass is 1180 g/mol. The molecule has 200 valence electrons. The fourth-order valence-corrected chi connectivity index (χ4v) is 6.79. The molecule has 0 aromatic rings. The average molecular weight is 1180 g/mol. The van der Waals surface area contributed by atoms with Crippen molar-refractivity contribution in [2.24, 2.45) is 0 Å². The Hall–Kier alpha value is -0.759. The van der Waals surface area contributed by atoms with Crippen LogP contribution in [0.4, 0.5) is 0 Å². The van der Waals surface area contributed by atoms with Gasteiger partial charge in [-0.15, -0.1) is 0 Å². The third kappa shape index (κ3) is 64.0. The third-order valence-electron chi connectivity index (χ3n) is 1.91. The molecule has 0 bridgehead atoms. The minimum atomic E-state index is -1.32. The fraction of sp³-hybridized carbons (Fsp3) is 0.500. The second-order valence-corrected chi connectivity index (χ2v) is 16.7. The molecule has 0 aliphatic carbocycles. The van der Waals surface area contributed by atoms with Crippen molar-refractivity contribution in [2.75, 3.05) is 0 Å². The van der Waals surface area contributed by atoms with Gasteiger partial charge in [-0.25, -0.2) is 0 Å². The van der Waals surface area contributed by atoms with Crippen LogP contribution >= 0.6 is 0 Å². The van der Waals surface area contributed by atoms with Gasteiger partial charge >= 0.3 is 261 Å². The first kappa shape index (κ1) is 42.3. The molecule has 0 radical (unpaired) electrons. The Morgan fingerprint density at radius 2 is 0.361 bits per heavy atom. The van der Waals surface area contributed by atoms with E-state index >= 15 is 0 Å². The van der Waals surface area contributed by atoms with Gasteiger partial charge in [0.2, 0.25) is 0 Å². The fourth-order valence-electron chi connectivity index (χ4n) is 0.829. The summed E-state index contributed by atoms with van der Waals surface area (Å²) in [5.74, 6) is -0.503. The first-order valence-electron chi connectivity index (χ1n) is 9.63. The van der Waals surface area contributed by atoms with Crippen LogP contribution < -0.4 is 26.4 Å². The van der Waals surface area contributed by atoms with Gasteiger partial charge in [0.1, 0.15) is 0 Å². The van der Waals surface area contributed by atoms with Crippen molar-refractivity contribution in [3.63, 3.8) is 0 Å². The van der Waals surface area contributed by atoms with E-state index in [-0.39, 0.29) is 47.3 Å². The zero-order valence-corrected chi connectivity index (χ0v) is 35.6. The molecule has 0 atom stereocenters. The van der Waals surface area contributed by atoms with E-state index in [1.54, 1.807) is 0 Å². The van der Waals surface area contributed by atoms with Crippen LogP contribution in [-0.4, -0.2) is 47.3 Å². The summed E-state index contributed by atoms with van der Waals surface area (Å²) < 4.78 is 20.8. The van der Waals surface area contributed by atoms with E-state index in [4.69, 9.17) is 0 Å². The summed E-state index contributed by atoms with van der Waals surface area (Å²) in [5, 5.41) is 0. The predicted octanol–water partition coefficient (Wildman–Crippen LogP) is -3.32. The molecular formula is C16H32Hf4N8O8. The van der Waals surface area contributed by atoms with Crippen LogP contribution in [0.5, 0.6) is 0 Å². The first-order valence-corrected chi connectivity index (χ1v) is 24.0. The van der Waals surface area contributed by atoms with Crippen LogP contribution in [0.1, 0.15) is 55.4 Å². The van der Waals surface area contributed by atoms with Crippen molar-refractivity contribution in [3.8, 4) is 0 Å². The first-order chi connectivity index (χ1) is 16.5. The van der Waals surface area contributed by atoms with Crippen molar-refractivity contribution in [2.45, 2.75) is 55.4 Å². The number of amides is 8.